The number of hydrogen-bond donors (Lipinski definition) is 1. The SMILES string of the molecule is OCC1(Cc2ccccc2)CCCN(CC2=Cc3ccccc3C2)C1. The van der Waals surface area contributed by atoms with E-state index in [1.807, 2.05) is 0 Å². The zero-order valence-electron chi connectivity index (χ0n) is 14.8. The number of aliphatic hydroxyl groups is 1. The van der Waals surface area contributed by atoms with Crippen LogP contribution < -0.4 is 0 Å². The van der Waals surface area contributed by atoms with Crippen molar-refractivity contribution in [1.82, 2.24) is 4.90 Å². The summed E-state index contributed by atoms with van der Waals surface area (Å²) in [6.07, 6.45) is 6.71. The molecule has 1 saturated heterocycles. The summed E-state index contributed by atoms with van der Waals surface area (Å²) in [5.41, 5.74) is 5.69. The van der Waals surface area contributed by atoms with Gasteiger partial charge in [0.1, 0.15) is 0 Å². The summed E-state index contributed by atoms with van der Waals surface area (Å²) in [5, 5.41) is 10.2. The van der Waals surface area contributed by atoms with E-state index in [1.54, 1.807) is 0 Å². The molecular formula is C23H27NO. The molecule has 1 heterocycles. The summed E-state index contributed by atoms with van der Waals surface area (Å²) in [6, 6.07) is 19.3. The van der Waals surface area contributed by atoms with E-state index in [2.05, 4.69) is 65.6 Å². The average molecular weight is 333 g/mol. The molecule has 130 valence electrons. The molecule has 4 rings (SSSR count). The van der Waals surface area contributed by atoms with Gasteiger partial charge < -0.3 is 5.11 Å². The van der Waals surface area contributed by atoms with Crippen LogP contribution in [0.2, 0.25) is 0 Å². The molecule has 25 heavy (non-hydrogen) atoms. The predicted molar refractivity (Wildman–Crippen MR) is 103 cm³/mol. The molecule has 1 atom stereocenters. The monoisotopic (exact) mass is 333 g/mol. The van der Waals surface area contributed by atoms with Crippen LogP contribution in [0, 0.1) is 5.41 Å². The van der Waals surface area contributed by atoms with Crippen molar-refractivity contribution in [2.45, 2.75) is 25.7 Å². The lowest BCUT2D eigenvalue weighted by molar-refractivity contribution is 0.0364. The largest absolute Gasteiger partial charge is 0.396 e. The van der Waals surface area contributed by atoms with Crippen LogP contribution in [0.5, 0.6) is 0 Å². The van der Waals surface area contributed by atoms with Crippen LogP contribution >= 0.6 is 0 Å². The number of piperidine rings is 1. The molecule has 1 unspecified atom stereocenters. The number of benzene rings is 2. The molecule has 0 spiro atoms. The van der Waals surface area contributed by atoms with Crippen LogP contribution in [0.25, 0.3) is 6.08 Å². The van der Waals surface area contributed by atoms with E-state index in [0.717, 1.165) is 38.9 Å². The molecule has 2 heteroatoms. The zero-order chi connectivity index (χ0) is 17.1. The van der Waals surface area contributed by atoms with Crippen molar-refractivity contribution in [3.63, 3.8) is 0 Å². The molecule has 2 aromatic carbocycles. The molecule has 0 amide bonds. The highest BCUT2D eigenvalue weighted by Crippen LogP contribution is 2.34. The molecule has 0 bridgehead atoms. The van der Waals surface area contributed by atoms with Gasteiger partial charge >= 0.3 is 0 Å². The molecule has 2 aliphatic rings. The van der Waals surface area contributed by atoms with Gasteiger partial charge in [-0.05, 0) is 48.9 Å². The third kappa shape index (κ3) is 3.70. The van der Waals surface area contributed by atoms with Gasteiger partial charge in [-0.2, -0.15) is 0 Å². The first kappa shape index (κ1) is 16.6. The van der Waals surface area contributed by atoms with Crippen molar-refractivity contribution in [1.29, 1.82) is 0 Å². The molecule has 1 aliphatic heterocycles. The Balaban J connectivity index is 1.44. The van der Waals surface area contributed by atoms with E-state index in [1.165, 1.54) is 28.7 Å². The van der Waals surface area contributed by atoms with Gasteiger partial charge in [-0.25, -0.2) is 0 Å². The fourth-order valence-corrected chi connectivity index (χ4v) is 4.54. The van der Waals surface area contributed by atoms with E-state index < -0.39 is 0 Å². The standard InChI is InChI=1S/C23H27NO/c25-18-23(15-19-7-2-1-3-8-19)11-6-12-24(17-23)16-20-13-21-9-4-5-10-22(21)14-20/h1-5,7-10,13,25H,6,11-12,14-18H2. The number of rotatable bonds is 5. The van der Waals surface area contributed by atoms with Crippen molar-refractivity contribution in [2.24, 2.45) is 5.41 Å². The summed E-state index contributed by atoms with van der Waals surface area (Å²) in [7, 11) is 0. The molecule has 0 radical (unpaired) electrons. The molecule has 1 fully saturated rings. The van der Waals surface area contributed by atoms with Crippen LogP contribution in [0.1, 0.15) is 29.5 Å². The van der Waals surface area contributed by atoms with E-state index in [4.69, 9.17) is 0 Å². The summed E-state index contributed by atoms with van der Waals surface area (Å²) in [4.78, 5) is 2.56. The van der Waals surface area contributed by atoms with Gasteiger partial charge in [0.15, 0.2) is 0 Å². The lowest BCUT2D eigenvalue weighted by Gasteiger charge is -2.42. The molecule has 2 aromatic rings. The normalized spacial score (nSPS) is 23.3. The van der Waals surface area contributed by atoms with E-state index >= 15 is 0 Å². The minimum atomic E-state index is 0.00557. The van der Waals surface area contributed by atoms with Crippen molar-refractivity contribution in [2.75, 3.05) is 26.2 Å². The molecule has 0 saturated carbocycles. The van der Waals surface area contributed by atoms with Crippen molar-refractivity contribution < 1.29 is 5.11 Å². The van der Waals surface area contributed by atoms with Crippen molar-refractivity contribution in [3.8, 4) is 0 Å². The lowest BCUT2D eigenvalue weighted by Crippen LogP contribution is -2.47. The molecular weight excluding hydrogens is 306 g/mol. The minimum absolute atomic E-state index is 0.00557. The average Bonchev–Trinajstić information content (AvgIpc) is 3.05. The van der Waals surface area contributed by atoms with E-state index in [-0.39, 0.29) is 12.0 Å². The quantitative estimate of drug-likeness (QED) is 0.896. The minimum Gasteiger partial charge on any atom is -0.396 e. The summed E-state index contributed by atoms with van der Waals surface area (Å²) in [6.45, 7) is 3.44. The second-order valence-electron chi connectivity index (χ2n) is 7.81. The first-order valence-electron chi connectivity index (χ1n) is 9.41. The van der Waals surface area contributed by atoms with Gasteiger partial charge in [0.2, 0.25) is 0 Å². The Bertz CT molecular complexity index is 752. The second-order valence-corrected chi connectivity index (χ2v) is 7.81. The van der Waals surface area contributed by atoms with Crippen molar-refractivity contribution >= 4 is 6.08 Å². The maximum absolute atomic E-state index is 10.2. The first-order valence-corrected chi connectivity index (χ1v) is 9.41. The third-order valence-corrected chi connectivity index (χ3v) is 5.76. The van der Waals surface area contributed by atoms with Gasteiger partial charge in [0.25, 0.3) is 0 Å². The number of nitrogens with zero attached hydrogens (tertiary/aromatic N) is 1. The summed E-state index contributed by atoms with van der Waals surface area (Å²) >= 11 is 0. The first-order chi connectivity index (χ1) is 12.3. The number of fused-ring (bicyclic) bond motifs is 1. The van der Waals surface area contributed by atoms with Crippen LogP contribution in [-0.2, 0) is 12.8 Å². The lowest BCUT2D eigenvalue weighted by atomic mass is 9.75. The maximum Gasteiger partial charge on any atom is 0.0502 e. The Kier molecular flexibility index (Phi) is 4.74. The number of aliphatic hydroxyl groups excluding tert-OH is 1. The Labute approximate surface area is 150 Å². The number of likely N-dealkylation sites (tertiary alicyclic amines) is 1. The van der Waals surface area contributed by atoms with Crippen molar-refractivity contribution in [3.05, 3.63) is 76.9 Å². The fourth-order valence-electron chi connectivity index (χ4n) is 4.54. The predicted octanol–water partition coefficient (Wildman–Crippen LogP) is 3.94. The molecule has 0 aromatic heterocycles. The van der Waals surface area contributed by atoms with E-state index in [9.17, 15) is 5.11 Å². The Morgan fingerprint density at radius 2 is 1.80 bits per heavy atom. The van der Waals surface area contributed by atoms with Gasteiger partial charge in [-0.15, -0.1) is 0 Å². The van der Waals surface area contributed by atoms with Gasteiger partial charge in [-0.3, -0.25) is 4.90 Å². The van der Waals surface area contributed by atoms with Crippen LogP contribution in [0.3, 0.4) is 0 Å². The Hall–Kier alpha value is -1.90. The third-order valence-electron chi connectivity index (χ3n) is 5.76. The van der Waals surface area contributed by atoms with Crippen LogP contribution in [-0.4, -0.2) is 36.2 Å². The summed E-state index contributed by atoms with van der Waals surface area (Å²) < 4.78 is 0. The molecule has 1 N–H and O–H groups in total. The molecule has 1 aliphatic carbocycles. The maximum atomic E-state index is 10.2. The van der Waals surface area contributed by atoms with Crippen LogP contribution in [0.4, 0.5) is 0 Å². The zero-order valence-corrected chi connectivity index (χ0v) is 14.8. The summed E-state index contributed by atoms with van der Waals surface area (Å²) in [5.74, 6) is 0. The smallest absolute Gasteiger partial charge is 0.0502 e. The van der Waals surface area contributed by atoms with Gasteiger partial charge in [-0.1, -0.05) is 66.2 Å². The van der Waals surface area contributed by atoms with E-state index in [0.29, 0.717) is 0 Å². The highest BCUT2D eigenvalue weighted by atomic mass is 16.3. The fraction of sp³-hybridized carbons (Fsp3) is 0.391. The van der Waals surface area contributed by atoms with Gasteiger partial charge in [0, 0.05) is 18.5 Å². The highest BCUT2D eigenvalue weighted by Gasteiger charge is 2.35. The number of hydrogen-bond acceptors (Lipinski definition) is 2. The second kappa shape index (κ2) is 7.15. The molecule has 2 nitrogen and oxygen atoms in total. The topological polar surface area (TPSA) is 23.5 Å². The Morgan fingerprint density at radius 1 is 1.00 bits per heavy atom. The van der Waals surface area contributed by atoms with Gasteiger partial charge in [0.05, 0.1) is 6.61 Å². The highest BCUT2D eigenvalue weighted by molar-refractivity contribution is 5.63. The Morgan fingerprint density at radius 3 is 2.60 bits per heavy atom. The van der Waals surface area contributed by atoms with Crippen LogP contribution in [0.15, 0.2) is 60.2 Å².